The Morgan fingerprint density at radius 3 is 2.39 bits per heavy atom. The second-order valence-corrected chi connectivity index (χ2v) is 7.73. The van der Waals surface area contributed by atoms with E-state index in [0.29, 0.717) is 33.5 Å². The first kappa shape index (κ1) is 21.8. The Kier molecular flexibility index (Phi) is 5.91. The highest BCUT2D eigenvalue weighted by Gasteiger charge is 2.24. The fourth-order valence-corrected chi connectivity index (χ4v) is 3.52. The van der Waals surface area contributed by atoms with Crippen molar-refractivity contribution >= 4 is 27.2 Å². The molecule has 0 saturated carbocycles. The first-order chi connectivity index (χ1) is 14.7. The minimum absolute atomic E-state index is 0.0781. The van der Waals surface area contributed by atoms with Gasteiger partial charge in [-0.3, -0.25) is 9.97 Å². The zero-order valence-corrected chi connectivity index (χ0v) is 17.3. The minimum atomic E-state index is -4.46. The first-order valence-corrected chi connectivity index (χ1v) is 10.1. The lowest BCUT2D eigenvalue weighted by molar-refractivity contribution is 0.170. The lowest BCUT2D eigenvalue weighted by Crippen LogP contribution is -2.40. The van der Waals surface area contributed by atoms with Crippen LogP contribution in [0.5, 0.6) is 11.5 Å². The molecule has 11 nitrogen and oxygen atoms in total. The first-order valence-electron chi connectivity index (χ1n) is 8.63. The summed E-state index contributed by atoms with van der Waals surface area (Å²) in [6.45, 7) is -0.554. The fourth-order valence-electron chi connectivity index (χ4n) is 2.99. The number of ether oxygens (including phenoxy) is 2. The normalized spacial score (nSPS) is 11.0. The van der Waals surface area contributed by atoms with Crippen LogP contribution in [0.15, 0.2) is 36.7 Å². The van der Waals surface area contributed by atoms with Gasteiger partial charge in [0.2, 0.25) is 0 Å². The number of carboxylic acid groups (broad SMARTS) is 1. The van der Waals surface area contributed by atoms with Crippen molar-refractivity contribution in [3.63, 3.8) is 0 Å². The van der Waals surface area contributed by atoms with Crippen molar-refractivity contribution in [2.24, 2.45) is 5.14 Å². The SMILES string of the molecule is COc1cc2ncc(C#N)c(-c3ccc(CN(C(=O)O)S(N)(=O)=O)nc3)c2cc1OC. The van der Waals surface area contributed by atoms with Gasteiger partial charge in [-0.15, -0.1) is 0 Å². The molecule has 3 rings (SSSR count). The number of methoxy groups -OCH3 is 2. The molecule has 0 spiro atoms. The van der Waals surface area contributed by atoms with Gasteiger partial charge in [0, 0.05) is 35.0 Å². The van der Waals surface area contributed by atoms with E-state index in [2.05, 4.69) is 16.0 Å². The smallest absolute Gasteiger partial charge is 0.422 e. The maximum Gasteiger partial charge on any atom is 0.422 e. The molecule has 3 aromatic rings. The standard InChI is InChI=1S/C19H17N5O6S/c1-29-16-5-14-15(6-17(16)30-2)23-9-12(7-20)18(14)11-3-4-13(22-8-11)10-24(19(25)26)31(21,27)28/h3-6,8-9H,10H2,1-2H3,(H,25,26)(H2,21,27,28). The molecule has 0 unspecified atom stereocenters. The Labute approximate surface area is 177 Å². The van der Waals surface area contributed by atoms with Crippen molar-refractivity contribution < 1.29 is 27.8 Å². The summed E-state index contributed by atoms with van der Waals surface area (Å²) in [4.78, 5) is 19.6. The second-order valence-electron chi connectivity index (χ2n) is 6.26. The van der Waals surface area contributed by atoms with Gasteiger partial charge >= 0.3 is 16.3 Å². The molecule has 0 atom stereocenters. The number of amides is 1. The molecule has 0 aliphatic heterocycles. The number of pyridine rings is 2. The molecular formula is C19H17N5O6S. The number of fused-ring (bicyclic) bond motifs is 1. The van der Waals surface area contributed by atoms with E-state index >= 15 is 0 Å². The molecule has 1 amide bonds. The number of aromatic nitrogens is 2. The Bertz CT molecular complexity index is 1300. The lowest BCUT2D eigenvalue weighted by atomic mass is 9.97. The predicted octanol–water partition coefficient (Wildman–Crippen LogP) is 1.87. The van der Waals surface area contributed by atoms with Gasteiger partial charge in [0.1, 0.15) is 6.07 Å². The third kappa shape index (κ3) is 4.32. The highest BCUT2D eigenvalue weighted by molar-refractivity contribution is 7.87. The van der Waals surface area contributed by atoms with E-state index in [0.717, 1.165) is 0 Å². The monoisotopic (exact) mass is 443 g/mol. The van der Waals surface area contributed by atoms with Crippen molar-refractivity contribution in [1.82, 2.24) is 14.3 Å². The van der Waals surface area contributed by atoms with Gasteiger partial charge in [-0.2, -0.15) is 18.0 Å². The molecule has 0 aliphatic rings. The number of nitrogens with two attached hydrogens (primary N) is 1. The van der Waals surface area contributed by atoms with Crippen molar-refractivity contribution in [1.29, 1.82) is 5.26 Å². The van der Waals surface area contributed by atoms with Crippen molar-refractivity contribution in [2.45, 2.75) is 6.54 Å². The summed E-state index contributed by atoms with van der Waals surface area (Å²) in [5.41, 5.74) is 2.07. The van der Waals surface area contributed by atoms with E-state index in [1.807, 2.05) is 0 Å². The molecular weight excluding hydrogens is 426 g/mol. The van der Waals surface area contributed by atoms with Crippen LogP contribution in [0.25, 0.3) is 22.0 Å². The van der Waals surface area contributed by atoms with Crippen molar-refractivity contribution in [3.05, 3.63) is 47.9 Å². The molecule has 3 N–H and O–H groups in total. The van der Waals surface area contributed by atoms with Crippen LogP contribution < -0.4 is 14.6 Å². The zero-order chi connectivity index (χ0) is 22.8. The highest BCUT2D eigenvalue weighted by atomic mass is 32.2. The largest absolute Gasteiger partial charge is 0.493 e. The predicted molar refractivity (Wildman–Crippen MR) is 109 cm³/mol. The Morgan fingerprint density at radius 2 is 1.87 bits per heavy atom. The third-order valence-electron chi connectivity index (χ3n) is 4.43. The Balaban J connectivity index is 2.11. The van der Waals surface area contributed by atoms with Crippen LogP contribution >= 0.6 is 0 Å². The average Bonchev–Trinajstić information content (AvgIpc) is 2.75. The highest BCUT2D eigenvalue weighted by Crippen LogP contribution is 2.37. The van der Waals surface area contributed by atoms with Crippen LogP contribution in [0.2, 0.25) is 0 Å². The molecule has 0 radical (unpaired) electrons. The van der Waals surface area contributed by atoms with Crippen LogP contribution in [-0.2, 0) is 16.8 Å². The molecule has 31 heavy (non-hydrogen) atoms. The van der Waals surface area contributed by atoms with Gasteiger partial charge in [-0.05, 0) is 12.1 Å². The van der Waals surface area contributed by atoms with Crippen LogP contribution in [0.3, 0.4) is 0 Å². The molecule has 0 fully saturated rings. The molecule has 1 aromatic carbocycles. The third-order valence-corrected chi connectivity index (χ3v) is 5.33. The summed E-state index contributed by atoms with van der Waals surface area (Å²) in [5, 5.41) is 24.2. The van der Waals surface area contributed by atoms with E-state index in [-0.39, 0.29) is 15.6 Å². The maximum absolute atomic E-state index is 11.4. The van der Waals surface area contributed by atoms with E-state index in [4.69, 9.17) is 19.7 Å². The summed E-state index contributed by atoms with van der Waals surface area (Å²) in [5.74, 6) is 0.923. The molecule has 12 heteroatoms. The Hall–Kier alpha value is -3.95. The van der Waals surface area contributed by atoms with Gasteiger partial charge in [0.05, 0.1) is 37.5 Å². The quantitative estimate of drug-likeness (QED) is 0.577. The molecule has 0 bridgehead atoms. The van der Waals surface area contributed by atoms with Crippen molar-refractivity contribution in [2.75, 3.05) is 14.2 Å². The summed E-state index contributed by atoms with van der Waals surface area (Å²) in [7, 11) is -1.48. The van der Waals surface area contributed by atoms with E-state index < -0.39 is 22.8 Å². The van der Waals surface area contributed by atoms with Gasteiger partial charge in [0.25, 0.3) is 0 Å². The fraction of sp³-hybridized carbons (Fsp3) is 0.158. The van der Waals surface area contributed by atoms with Crippen LogP contribution in [0.4, 0.5) is 4.79 Å². The van der Waals surface area contributed by atoms with Gasteiger partial charge < -0.3 is 14.6 Å². The number of nitriles is 1. The van der Waals surface area contributed by atoms with Crippen LogP contribution in [-0.4, -0.2) is 48.1 Å². The van der Waals surface area contributed by atoms with Gasteiger partial charge in [0.15, 0.2) is 11.5 Å². The summed E-state index contributed by atoms with van der Waals surface area (Å²) in [6.07, 6.45) is 1.11. The molecule has 2 aromatic heterocycles. The van der Waals surface area contributed by atoms with Crippen molar-refractivity contribution in [3.8, 4) is 28.7 Å². The lowest BCUT2D eigenvalue weighted by Gasteiger charge is -2.16. The van der Waals surface area contributed by atoms with Gasteiger partial charge in [-0.1, -0.05) is 6.07 Å². The minimum Gasteiger partial charge on any atom is -0.493 e. The average molecular weight is 443 g/mol. The van der Waals surface area contributed by atoms with E-state index in [1.54, 1.807) is 18.2 Å². The number of nitrogens with zero attached hydrogens (tertiary/aromatic N) is 4. The molecule has 0 aliphatic carbocycles. The molecule has 2 heterocycles. The van der Waals surface area contributed by atoms with E-state index in [9.17, 15) is 18.5 Å². The maximum atomic E-state index is 11.4. The van der Waals surface area contributed by atoms with Crippen LogP contribution in [0.1, 0.15) is 11.3 Å². The second kappa shape index (κ2) is 8.42. The summed E-state index contributed by atoms with van der Waals surface area (Å²) >= 11 is 0. The number of benzene rings is 1. The van der Waals surface area contributed by atoms with Crippen LogP contribution in [0, 0.1) is 11.3 Å². The number of hydrogen-bond donors (Lipinski definition) is 2. The number of carbonyl (C=O) groups is 1. The van der Waals surface area contributed by atoms with E-state index in [1.165, 1.54) is 32.7 Å². The number of hydrogen-bond acceptors (Lipinski definition) is 8. The Morgan fingerprint density at radius 1 is 1.19 bits per heavy atom. The summed E-state index contributed by atoms with van der Waals surface area (Å²) < 4.78 is 33.6. The number of rotatable bonds is 6. The molecule has 160 valence electrons. The zero-order valence-electron chi connectivity index (χ0n) is 16.4. The topological polar surface area (TPSA) is 169 Å². The molecule has 0 saturated heterocycles. The summed E-state index contributed by atoms with van der Waals surface area (Å²) in [6, 6.07) is 8.50. The van der Waals surface area contributed by atoms with Gasteiger partial charge in [-0.25, -0.2) is 9.93 Å².